The summed E-state index contributed by atoms with van der Waals surface area (Å²) in [5.74, 6) is 0. The molecule has 2 aliphatic rings. The summed E-state index contributed by atoms with van der Waals surface area (Å²) >= 11 is 0. The first kappa shape index (κ1) is 9.16. The molecule has 3 nitrogen and oxygen atoms in total. The lowest BCUT2D eigenvalue weighted by Gasteiger charge is -2.36. The van der Waals surface area contributed by atoms with E-state index in [0.717, 1.165) is 6.04 Å². The van der Waals surface area contributed by atoms with Gasteiger partial charge in [0.1, 0.15) is 0 Å². The van der Waals surface area contributed by atoms with E-state index < -0.39 is 0 Å². The summed E-state index contributed by atoms with van der Waals surface area (Å²) in [6.07, 6.45) is 6.61. The van der Waals surface area contributed by atoms with Gasteiger partial charge in [-0.2, -0.15) is 0 Å². The van der Waals surface area contributed by atoms with Gasteiger partial charge in [0.05, 0.1) is 0 Å². The number of hydrogen-bond acceptors (Lipinski definition) is 3. The monoisotopic (exact) mass is 203 g/mol. The van der Waals surface area contributed by atoms with Crippen LogP contribution in [0.15, 0.2) is 24.5 Å². The van der Waals surface area contributed by atoms with Crippen LogP contribution in [0.2, 0.25) is 0 Å². The van der Waals surface area contributed by atoms with Crippen molar-refractivity contribution in [1.82, 2.24) is 9.88 Å². The molecule has 0 N–H and O–H groups in total. The van der Waals surface area contributed by atoms with Crippen molar-refractivity contribution in [3.8, 4) is 0 Å². The van der Waals surface area contributed by atoms with Gasteiger partial charge >= 0.3 is 0 Å². The molecule has 1 saturated carbocycles. The maximum atomic E-state index is 4.06. The largest absolute Gasteiger partial charge is 0.369 e. The van der Waals surface area contributed by atoms with Gasteiger partial charge < -0.3 is 4.90 Å². The van der Waals surface area contributed by atoms with E-state index in [9.17, 15) is 0 Å². The summed E-state index contributed by atoms with van der Waals surface area (Å²) in [6, 6.07) is 5.13. The number of pyridine rings is 1. The molecule has 2 heterocycles. The fraction of sp³-hybridized carbons (Fsp3) is 0.583. The van der Waals surface area contributed by atoms with Gasteiger partial charge in [-0.1, -0.05) is 0 Å². The molecule has 2 fully saturated rings. The zero-order chi connectivity index (χ0) is 10.1. The number of aromatic nitrogens is 1. The van der Waals surface area contributed by atoms with Crippen molar-refractivity contribution in [3.05, 3.63) is 24.5 Å². The Kier molecular flexibility index (Phi) is 2.33. The lowest BCUT2D eigenvalue weighted by molar-refractivity contribution is 0.248. The Balaban J connectivity index is 1.61. The first-order valence-electron chi connectivity index (χ1n) is 5.82. The Morgan fingerprint density at radius 2 is 1.67 bits per heavy atom. The van der Waals surface area contributed by atoms with Crippen molar-refractivity contribution in [3.63, 3.8) is 0 Å². The second-order valence-electron chi connectivity index (χ2n) is 4.46. The molecule has 0 radical (unpaired) electrons. The van der Waals surface area contributed by atoms with Crippen LogP contribution < -0.4 is 4.90 Å². The van der Waals surface area contributed by atoms with Gasteiger partial charge in [-0.3, -0.25) is 9.88 Å². The maximum Gasteiger partial charge on any atom is 0.0397 e. The van der Waals surface area contributed by atoms with Crippen molar-refractivity contribution in [2.45, 2.75) is 18.9 Å². The highest BCUT2D eigenvalue weighted by atomic mass is 15.3. The van der Waals surface area contributed by atoms with Crippen LogP contribution in [0, 0.1) is 0 Å². The first-order chi connectivity index (χ1) is 7.43. The van der Waals surface area contributed by atoms with E-state index in [-0.39, 0.29) is 0 Å². The summed E-state index contributed by atoms with van der Waals surface area (Å²) in [6.45, 7) is 4.79. The van der Waals surface area contributed by atoms with E-state index in [1.165, 1.54) is 44.7 Å². The van der Waals surface area contributed by atoms with Crippen molar-refractivity contribution >= 4 is 5.69 Å². The minimum Gasteiger partial charge on any atom is -0.369 e. The molecular formula is C12H17N3. The van der Waals surface area contributed by atoms with Crippen molar-refractivity contribution < 1.29 is 0 Å². The van der Waals surface area contributed by atoms with Gasteiger partial charge in [-0.25, -0.2) is 0 Å². The summed E-state index contributed by atoms with van der Waals surface area (Å²) in [5.41, 5.74) is 1.32. The van der Waals surface area contributed by atoms with Gasteiger partial charge in [-0.15, -0.1) is 0 Å². The van der Waals surface area contributed by atoms with Crippen LogP contribution in [0.1, 0.15) is 12.8 Å². The average Bonchev–Trinajstić information content (AvgIpc) is 3.15. The molecule has 0 spiro atoms. The molecule has 3 heteroatoms. The number of rotatable bonds is 2. The van der Waals surface area contributed by atoms with E-state index in [1.807, 2.05) is 12.4 Å². The van der Waals surface area contributed by atoms with E-state index in [2.05, 4.69) is 26.9 Å². The molecule has 0 aromatic carbocycles. The van der Waals surface area contributed by atoms with E-state index in [1.54, 1.807) is 0 Å². The predicted octanol–water partition coefficient (Wildman–Crippen LogP) is 1.37. The first-order valence-corrected chi connectivity index (χ1v) is 5.82. The zero-order valence-corrected chi connectivity index (χ0v) is 8.97. The van der Waals surface area contributed by atoms with E-state index in [4.69, 9.17) is 0 Å². The van der Waals surface area contributed by atoms with Crippen molar-refractivity contribution in [2.75, 3.05) is 31.1 Å². The molecule has 1 aliphatic carbocycles. The second kappa shape index (κ2) is 3.81. The Morgan fingerprint density at radius 3 is 2.27 bits per heavy atom. The number of piperazine rings is 1. The van der Waals surface area contributed by atoms with Crippen LogP contribution in [0.3, 0.4) is 0 Å². The van der Waals surface area contributed by atoms with Crippen LogP contribution in [0.5, 0.6) is 0 Å². The molecule has 3 rings (SSSR count). The molecule has 0 amide bonds. The fourth-order valence-corrected chi connectivity index (χ4v) is 2.34. The van der Waals surface area contributed by atoms with Crippen LogP contribution in [-0.2, 0) is 0 Å². The Hall–Kier alpha value is -1.09. The molecule has 1 aromatic heterocycles. The second-order valence-corrected chi connectivity index (χ2v) is 4.46. The number of nitrogens with zero attached hydrogens (tertiary/aromatic N) is 3. The zero-order valence-electron chi connectivity index (χ0n) is 8.97. The Labute approximate surface area is 90.7 Å². The molecule has 1 aromatic rings. The summed E-state index contributed by atoms with van der Waals surface area (Å²) in [5, 5.41) is 0. The van der Waals surface area contributed by atoms with Crippen LogP contribution in [-0.4, -0.2) is 42.1 Å². The summed E-state index contributed by atoms with van der Waals surface area (Å²) in [4.78, 5) is 9.15. The standard InChI is InChI=1S/C12H17N3/c1-2-11(1)14-7-9-15(10-8-14)12-3-5-13-6-4-12/h3-6,11H,1-2,7-10H2. The van der Waals surface area contributed by atoms with Crippen LogP contribution >= 0.6 is 0 Å². The van der Waals surface area contributed by atoms with Crippen LogP contribution in [0.25, 0.3) is 0 Å². The lowest BCUT2D eigenvalue weighted by atomic mass is 10.2. The third kappa shape index (κ3) is 1.97. The number of hydrogen-bond donors (Lipinski definition) is 0. The normalized spacial score (nSPS) is 23.1. The Bertz CT molecular complexity index is 313. The summed E-state index contributed by atoms with van der Waals surface area (Å²) in [7, 11) is 0. The smallest absolute Gasteiger partial charge is 0.0397 e. The number of anilines is 1. The minimum atomic E-state index is 0.921. The fourth-order valence-electron chi connectivity index (χ4n) is 2.34. The third-order valence-electron chi connectivity index (χ3n) is 3.41. The van der Waals surface area contributed by atoms with E-state index in [0.29, 0.717) is 0 Å². The van der Waals surface area contributed by atoms with Gasteiger partial charge in [0, 0.05) is 50.3 Å². The molecule has 15 heavy (non-hydrogen) atoms. The third-order valence-corrected chi connectivity index (χ3v) is 3.41. The maximum absolute atomic E-state index is 4.06. The van der Waals surface area contributed by atoms with Crippen molar-refractivity contribution in [1.29, 1.82) is 0 Å². The lowest BCUT2D eigenvalue weighted by Crippen LogP contribution is -2.47. The molecule has 1 saturated heterocycles. The Morgan fingerprint density at radius 1 is 1.00 bits per heavy atom. The van der Waals surface area contributed by atoms with E-state index >= 15 is 0 Å². The van der Waals surface area contributed by atoms with Gasteiger partial charge in [0.25, 0.3) is 0 Å². The predicted molar refractivity (Wildman–Crippen MR) is 61.0 cm³/mol. The highest BCUT2D eigenvalue weighted by Crippen LogP contribution is 2.28. The van der Waals surface area contributed by atoms with Gasteiger partial charge in [0.15, 0.2) is 0 Å². The SMILES string of the molecule is c1cc(N2CCN(C3CC3)CC2)ccn1. The molecule has 0 atom stereocenters. The molecule has 0 unspecified atom stereocenters. The molecular weight excluding hydrogens is 186 g/mol. The molecule has 0 bridgehead atoms. The summed E-state index contributed by atoms with van der Waals surface area (Å²) < 4.78 is 0. The molecule has 80 valence electrons. The van der Waals surface area contributed by atoms with Gasteiger partial charge in [-0.05, 0) is 25.0 Å². The molecule has 1 aliphatic heterocycles. The minimum absolute atomic E-state index is 0.921. The highest BCUT2D eigenvalue weighted by Gasteiger charge is 2.31. The van der Waals surface area contributed by atoms with Crippen molar-refractivity contribution in [2.24, 2.45) is 0 Å². The quantitative estimate of drug-likeness (QED) is 0.723. The average molecular weight is 203 g/mol. The van der Waals surface area contributed by atoms with Gasteiger partial charge in [0.2, 0.25) is 0 Å². The van der Waals surface area contributed by atoms with Crippen LogP contribution in [0.4, 0.5) is 5.69 Å². The topological polar surface area (TPSA) is 19.4 Å². The highest BCUT2D eigenvalue weighted by molar-refractivity contribution is 5.44.